The van der Waals surface area contributed by atoms with E-state index in [9.17, 15) is 0 Å². The Morgan fingerprint density at radius 1 is 1.00 bits per heavy atom. The minimum absolute atomic E-state index is 0.457. The molecule has 2 aromatic rings. The molecule has 0 aliphatic heterocycles. The van der Waals surface area contributed by atoms with Gasteiger partial charge in [-0.25, -0.2) is 0 Å². The van der Waals surface area contributed by atoms with E-state index in [1.165, 1.54) is 37.7 Å². The molecule has 0 spiro atoms. The summed E-state index contributed by atoms with van der Waals surface area (Å²) in [5.41, 5.74) is 4.72. The molecule has 1 fully saturated rings. The van der Waals surface area contributed by atoms with Crippen LogP contribution in [-0.2, 0) is 11.4 Å². The first-order valence-electron chi connectivity index (χ1n) is 8.82. The maximum Gasteiger partial charge on any atom is 0.142 e. The molecule has 24 heavy (non-hydrogen) atoms. The standard InChI is InChI=1S/C22H25NO/c1-2-19-8-6-7-11-22(19)17-24-23-16-18-12-14-21(15-13-18)20-9-4-3-5-10-20/h2,6-8,11-16,20H,1,3-5,9-10,17H2. The third-order valence-corrected chi connectivity index (χ3v) is 4.78. The maximum atomic E-state index is 5.43. The van der Waals surface area contributed by atoms with Gasteiger partial charge in [-0.3, -0.25) is 0 Å². The Labute approximate surface area is 144 Å². The average Bonchev–Trinajstić information content (AvgIpc) is 2.67. The number of benzene rings is 2. The van der Waals surface area contributed by atoms with E-state index in [2.05, 4.69) is 36.0 Å². The molecule has 0 amide bonds. The molecule has 0 atom stereocenters. The van der Waals surface area contributed by atoms with Gasteiger partial charge in [0.05, 0.1) is 6.21 Å². The fourth-order valence-electron chi connectivity index (χ4n) is 3.36. The van der Waals surface area contributed by atoms with Crippen molar-refractivity contribution in [1.82, 2.24) is 0 Å². The summed E-state index contributed by atoms with van der Waals surface area (Å²) in [6.07, 6.45) is 10.4. The molecule has 1 saturated carbocycles. The van der Waals surface area contributed by atoms with Crippen LogP contribution in [0.3, 0.4) is 0 Å². The lowest BCUT2D eigenvalue weighted by molar-refractivity contribution is 0.132. The average molecular weight is 319 g/mol. The van der Waals surface area contributed by atoms with Crippen molar-refractivity contribution in [3.63, 3.8) is 0 Å². The summed E-state index contributed by atoms with van der Waals surface area (Å²) >= 11 is 0. The van der Waals surface area contributed by atoms with E-state index in [1.54, 1.807) is 6.21 Å². The van der Waals surface area contributed by atoms with Gasteiger partial charge in [0.25, 0.3) is 0 Å². The molecule has 124 valence electrons. The van der Waals surface area contributed by atoms with E-state index in [-0.39, 0.29) is 0 Å². The molecule has 2 aromatic carbocycles. The van der Waals surface area contributed by atoms with Crippen molar-refractivity contribution in [3.8, 4) is 0 Å². The van der Waals surface area contributed by atoms with Crippen molar-refractivity contribution in [3.05, 3.63) is 77.4 Å². The topological polar surface area (TPSA) is 21.6 Å². The normalized spacial score (nSPS) is 15.5. The Kier molecular flexibility index (Phi) is 5.84. The van der Waals surface area contributed by atoms with E-state index in [0.29, 0.717) is 6.61 Å². The summed E-state index contributed by atoms with van der Waals surface area (Å²) < 4.78 is 0. The van der Waals surface area contributed by atoms with Crippen LogP contribution in [0.15, 0.2) is 60.3 Å². The highest BCUT2D eigenvalue weighted by Gasteiger charge is 2.14. The molecule has 3 rings (SSSR count). The largest absolute Gasteiger partial charge is 0.391 e. The van der Waals surface area contributed by atoms with E-state index < -0.39 is 0 Å². The second-order valence-electron chi connectivity index (χ2n) is 6.41. The lowest BCUT2D eigenvalue weighted by Gasteiger charge is -2.21. The van der Waals surface area contributed by atoms with Crippen LogP contribution < -0.4 is 0 Å². The van der Waals surface area contributed by atoms with Crippen LogP contribution in [0.2, 0.25) is 0 Å². The quantitative estimate of drug-likeness (QED) is 0.478. The monoisotopic (exact) mass is 319 g/mol. The Balaban J connectivity index is 1.54. The zero-order valence-corrected chi connectivity index (χ0v) is 14.2. The lowest BCUT2D eigenvalue weighted by Crippen LogP contribution is -2.04. The first-order valence-corrected chi connectivity index (χ1v) is 8.82. The molecule has 0 saturated heterocycles. The third kappa shape index (κ3) is 4.35. The second-order valence-corrected chi connectivity index (χ2v) is 6.41. The van der Waals surface area contributed by atoms with E-state index in [1.807, 2.05) is 30.3 Å². The van der Waals surface area contributed by atoms with E-state index >= 15 is 0 Å². The number of hydrogen-bond donors (Lipinski definition) is 0. The van der Waals surface area contributed by atoms with E-state index in [4.69, 9.17) is 4.84 Å². The molecule has 0 bridgehead atoms. The minimum atomic E-state index is 0.457. The van der Waals surface area contributed by atoms with Crippen LogP contribution >= 0.6 is 0 Å². The Morgan fingerprint density at radius 2 is 1.75 bits per heavy atom. The van der Waals surface area contributed by atoms with Gasteiger partial charge in [0, 0.05) is 0 Å². The molecular weight excluding hydrogens is 294 g/mol. The Hall–Kier alpha value is -2.35. The third-order valence-electron chi connectivity index (χ3n) is 4.78. The predicted octanol–water partition coefficient (Wildman–Crippen LogP) is 5.93. The van der Waals surface area contributed by atoms with Crippen LogP contribution in [-0.4, -0.2) is 6.21 Å². The highest BCUT2D eigenvalue weighted by Crippen LogP contribution is 2.32. The van der Waals surface area contributed by atoms with Gasteiger partial charge in [0.15, 0.2) is 0 Å². The highest BCUT2D eigenvalue weighted by molar-refractivity contribution is 5.79. The summed E-state index contributed by atoms with van der Waals surface area (Å²) in [6, 6.07) is 16.8. The Bertz CT molecular complexity index is 681. The zero-order chi connectivity index (χ0) is 16.6. The van der Waals surface area contributed by atoms with Crippen molar-refractivity contribution in [1.29, 1.82) is 0 Å². The van der Waals surface area contributed by atoms with Crippen molar-refractivity contribution < 1.29 is 4.84 Å². The molecule has 0 aromatic heterocycles. The molecule has 1 aliphatic carbocycles. The summed E-state index contributed by atoms with van der Waals surface area (Å²) in [5, 5.41) is 4.10. The molecule has 0 radical (unpaired) electrons. The van der Waals surface area contributed by atoms with Crippen LogP contribution in [0.4, 0.5) is 0 Å². The van der Waals surface area contributed by atoms with Gasteiger partial charge in [-0.05, 0) is 41.0 Å². The van der Waals surface area contributed by atoms with Gasteiger partial charge >= 0.3 is 0 Å². The van der Waals surface area contributed by atoms with Gasteiger partial charge in [-0.15, -0.1) is 0 Å². The fraction of sp³-hybridized carbons (Fsp3) is 0.318. The van der Waals surface area contributed by atoms with Gasteiger partial charge in [0.1, 0.15) is 6.61 Å². The SMILES string of the molecule is C=Cc1ccccc1CON=Cc1ccc(C2CCCCC2)cc1. The molecular formula is C22H25NO. The number of hydrogen-bond acceptors (Lipinski definition) is 2. The second kappa shape index (κ2) is 8.49. The molecule has 0 unspecified atom stereocenters. The van der Waals surface area contributed by atoms with Crippen LogP contribution in [0.1, 0.15) is 60.3 Å². The number of nitrogens with zero attached hydrogens (tertiary/aromatic N) is 1. The summed E-state index contributed by atoms with van der Waals surface area (Å²) in [5.74, 6) is 0.747. The first-order chi connectivity index (χ1) is 11.9. The van der Waals surface area contributed by atoms with Crippen molar-refractivity contribution in [2.45, 2.75) is 44.6 Å². The fourth-order valence-corrected chi connectivity index (χ4v) is 3.36. The summed E-state index contributed by atoms with van der Waals surface area (Å²) in [4.78, 5) is 5.43. The van der Waals surface area contributed by atoms with Crippen LogP contribution in [0.25, 0.3) is 6.08 Å². The van der Waals surface area contributed by atoms with Gasteiger partial charge < -0.3 is 4.84 Å². The van der Waals surface area contributed by atoms with Gasteiger partial charge in [-0.1, -0.05) is 85.6 Å². The van der Waals surface area contributed by atoms with Crippen molar-refractivity contribution in [2.24, 2.45) is 5.16 Å². The van der Waals surface area contributed by atoms with Crippen molar-refractivity contribution in [2.75, 3.05) is 0 Å². The molecule has 2 nitrogen and oxygen atoms in total. The van der Waals surface area contributed by atoms with Gasteiger partial charge in [-0.2, -0.15) is 0 Å². The van der Waals surface area contributed by atoms with Gasteiger partial charge in [0.2, 0.25) is 0 Å². The Morgan fingerprint density at radius 3 is 2.50 bits per heavy atom. The van der Waals surface area contributed by atoms with E-state index in [0.717, 1.165) is 22.6 Å². The smallest absolute Gasteiger partial charge is 0.142 e. The highest BCUT2D eigenvalue weighted by atomic mass is 16.6. The molecule has 0 N–H and O–H groups in total. The molecule has 1 aliphatic rings. The minimum Gasteiger partial charge on any atom is -0.391 e. The van der Waals surface area contributed by atoms with Crippen LogP contribution in [0, 0.1) is 0 Å². The zero-order valence-electron chi connectivity index (χ0n) is 14.2. The first kappa shape index (κ1) is 16.5. The number of rotatable bonds is 6. The molecule has 2 heteroatoms. The van der Waals surface area contributed by atoms with Crippen LogP contribution in [0.5, 0.6) is 0 Å². The van der Waals surface area contributed by atoms with Crippen molar-refractivity contribution >= 4 is 12.3 Å². The number of oxime groups is 1. The lowest BCUT2D eigenvalue weighted by atomic mass is 9.84. The summed E-state index contributed by atoms with van der Waals surface area (Å²) in [6.45, 7) is 4.28. The summed E-state index contributed by atoms with van der Waals surface area (Å²) in [7, 11) is 0. The molecule has 0 heterocycles. The predicted molar refractivity (Wildman–Crippen MR) is 101 cm³/mol. The maximum absolute atomic E-state index is 5.43.